The lowest BCUT2D eigenvalue weighted by Crippen LogP contribution is -2.39. The van der Waals surface area contributed by atoms with Crippen molar-refractivity contribution in [1.29, 1.82) is 0 Å². The Balaban J connectivity index is 2.19. The summed E-state index contributed by atoms with van der Waals surface area (Å²) in [6.07, 6.45) is 6.11. The van der Waals surface area contributed by atoms with E-state index in [0.717, 1.165) is 44.2 Å². The maximum absolute atomic E-state index is 13.4. The minimum Gasteiger partial charge on any atom is -0.481 e. The first-order valence-corrected chi connectivity index (χ1v) is 7.68. The van der Waals surface area contributed by atoms with Crippen molar-refractivity contribution in [3.05, 3.63) is 35.4 Å². The number of carbonyl (C=O) groups is 1. The minimum absolute atomic E-state index is 0.392. The fourth-order valence-electron chi connectivity index (χ4n) is 3.37. The predicted molar refractivity (Wildman–Crippen MR) is 77.2 cm³/mol. The number of halogens is 2. The Morgan fingerprint density at radius 3 is 2.48 bits per heavy atom. The van der Waals surface area contributed by atoms with Gasteiger partial charge < -0.3 is 5.11 Å². The Labute approximate surface area is 124 Å². The van der Waals surface area contributed by atoms with E-state index in [2.05, 4.69) is 6.92 Å². The SMILES string of the molecule is CCCCC1CCC(C(=O)O)(c2ccc(F)c(F)c2)CC1. The summed E-state index contributed by atoms with van der Waals surface area (Å²) in [5, 5.41) is 9.65. The number of hydrogen-bond donors (Lipinski definition) is 1. The average Bonchev–Trinajstić information content (AvgIpc) is 2.48. The van der Waals surface area contributed by atoms with Crippen LogP contribution in [0.5, 0.6) is 0 Å². The fraction of sp³-hybridized carbons (Fsp3) is 0.588. The molecule has 1 aromatic rings. The van der Waals surface area contributed by atoms with Crippen LogP contribution in [0.15, 0.2) is 18.2 Å². The Morgan fingerprint density at radius 2 is 1.95 bits per heavy atom. The normalized spacial score (nSPS) is 25.8. The zero-order chi connectivity index (χ0) is 15.5. The summed E-state index contributed by atoms with van der Waals surface area (Å²) in [6.45, 7) is 2.14. The van der Waals surface area contributed by atoms with Gasteiger partial charge in [-0.25, -0.2) is 8.78 Å². The summed E-state index contributed by atoms with van der Waals surface area (Å²) < 4.78 is 26.5. The Kier molecular flexibility index (Phi) is 4.96. The third kappa shape index (κ3) is 3.25. The molecule has 1 N–H and O–H groups in total. The van der Waals surface area contributed by atoms with Crippen molar-refractivity contribution in [3.63, 3.8) is 0 Å². The van der Waals surface area contributed by atoms with E-state index in [1.165, 1.54) is 6.07 Å². The van der Waals surface area contributed by atoms with E-state index in [1.54, 1.807) is 0 Å². The molecule has 116 valence electrons. The number of carboxylic acids is 1. The molecule has 0 spiro atoms. The topological polar surface area (TPSA) is 37.3 Å². The molecule has 4 heteroatoms. The van der Waals surface area contributed by atoms with Crippen LogP contribution in [-0.2, 0) is 10.2 Å². The largest absolute Gasteiger partial charge is 0.481 e. The second-order valence-electron chi connectivity index (χ2n) is 6.10. The summed E-state index contributed by atoms with van der Waals surface area (Å²) in [5.74, 6) is -2.28. The van der Waals surface area contributed by atoms with Crippen LogP contribution in [-0.4, -0.2) is 11.1 Å². The lowest BCUT2D eigenvalue weighted by Gasteiger charge is -2.37. The minimum atomic E-state index is -1.06. The van der Waals surface area contributed by atoms with Crippen LogP contribution >= 0.6 is 0 Å². The first-order chi connectivity index (χ1) is 9.99. The molecule has 1 saturated carbocycles. The van der Waals surface area contributed by atoms with Crippen molar-refractivity contribution < 1.29 is 18.7 Å². The lowest BCUT2D eigenvalue weighted by molar-refractivity contribution is -0.145. The summed E-state index contributed by atoms with van der Waals surface area (Å²) in [4.78, 5) is 11.8. The molecule has 0 amide bonds. The first kappa shape index (κ1) is 15.9. The zero-order valence-electron chi connectivity index (χ0n) is 12.4. The second-order valence-corrected chi connectivity index (χ2v) is 6.10. The molecule has 0 bridgehead atoms. The molecule has 2 rings (SSSR count). The van der Waals surface area contributed by atoms with Crippen LogP contribution in [0.4, 0.5) is 8.78 Å². The molecule has 21 heavy (non-hydrogen) atoms. The summed E-state index contributed by atoms with van der Waals surface area (Å²) in [6, 6.07) is 3.49. The second kappa shape index (κ2) is 6.54. The van der Waals surface area contributed by atoms with Crippen molar-refractivity contribution in [2.75, 3.05) is 0 Å². The number of unbranched alkanes of at least 4 members (excludes halogenated alkanes) is 1. The van der Waals surface area contributed by atoms with Gasteiger partial charge in [-0.15, -0.1) is 0 Å². The van der Waals surface area contributed by atoms with E-state index in [9.17, 15) is 18.7 Å². The molecule has 0 heterocycles. The van der Waals surface area contributed by atoms with E-state index in [-0.39, 0.29) is 0 Å². The molecule has 1 aromatic carbocycles. The molecule has 0 unspecified atom stereocenters. The van der Waals surface area contributed by atoms with Crippen molar-refractivity contribution in [2.24, 2.45) is 5.92 Å². The Morgan fingerprint density at radius 1 is 1.29 bits per heavy atom. The quantitative estimate of drug-likeness (QED) is 0.857. The fourth-order valence-corrected chi connectivity index (χ4v) is 3.37. The van der Waals surface area contributed by atoms with Gasteiger partial charge in [0.2, 0.25) is 0 Å². The molecule has 2 nitrogen and oxygen atoms in total. The number of rotatable bonds is 5. The van der Waals surface area contributed by atoms with Gasteiger partial charge in [0.25, 0.3) is 0 Å². The van der Waals surface area contributed by atoms with E-state index < -0.39 is 23.0 Å². The first-order valence-electron chi connectivity index (χ1n) is 7.68. The van der Waals surface area contributed by atoms with Crippen LogP contribution in [0.2, 0.25) is 0 Å². The van der Waals surface area contributed by atoms with Crippen LogP contribution in [0.3, 0.4) is 0 Å². The van der Waals surface area contributed by atoms with E-state index in [4.69, 9.17) is 0 Å². The third-order valence-electron chi connectivity index (χ3n) is 4.81. The van der Waals surface area contributed by atoms with E-state index >= 15 is 0 Å². The average molecular weight is 296 g/mol. The number of carboxylic acid groups (broad SMARTS) is 1. The van der Waals surface area contributed by atoms with Gasteiger partial charge in [-0.2, -0.15) is 0 Å². The van der Waals surface area contributed by atoms with Gasteiger partial charge in [0, 0.05) is 0 Å². The molecular weight excluding hydrogens is 274 g/mol. The predicted octanol–water partition coefficient (Wildman–Crippen LogP) is 4.67. The highest BCUT2D eigenvalue weighted by atomic mass is 19.2. The standard InChI is InChI=1S/C17H22F2O2/c1-2-3-4-12-7-9-17(10-8-12,16(20)21)13-5-6-14(18)15(19)11-13/h5-6,11-12H,2-4,7-10H2,1H3,(H,20,21). The highest BCUT2D eigenvalue weighted by Gasteiger charge is 2.43. The summed E-state index contributed by atoms with van der Waals surface area (Å²) in [5.41, 5.74) is -0.667. The van der Waals surface area contributed by atoms with Crippen molar-refractivity contribution in [3.8, 4) is 0 Å². The van der Waals surface area contributed by atoms with Crippen molar-refractivity contribution >= 4 is 5.97 Å². The van der Waals surface area contributed by atoms with E-state index in [1.807, 2.05) is 0 Å². The number of hydrogen-bond acceptors (Lipinski definition) is 1. The summed E-state index contributed by atoms with van der Waals surface area (Å²) >= 11 is 0. The molecular formula is C17H22F2O2. The molecule has 0 saturated heterocycles. The molecule has 0 aromatic heterocycles. The van der Waals surface area contributed by atoms with Gasteiger partial charge in [-0.1, -0.05) is 32.3 Å². The maximum Gasteiger partial charge on any atom is 0.314 e. The van der Waals surface area contributed by atoms with Gasteiger partial charge in [0.05, 0.1) is 5.41 Å². The van der Waals surface area contributed by atoms with Gasteiger partial charge >= 0.3 is 5.97 Å². The van der Waals surface area contributed by atoms with Crippen molar-refractivity contribution in [1.82, 2.24) is 0 Å². The molecule has 1 fully saturated rings. The van der Waals surface area contributed by atoms with Gasteiger partial charge in [-0.3, -0.25) is 4.79 Å². The molecule has 1 aliphatic carbocycles. The highest BCUT2D eigenvalue weighted by Crippen LogP contribution is 2.43. The Hall–Kier alpha value is -1.45. The number of aliphatic carboxylic acids is 1. The smallest absolute Gasteiger partial charge is 0.314 e. The molecule has 1 aliphatic rings. The van der Waals surface area contributed by atoms with Gasteiger partial charge in [0.15, 0.2) is 11.6 Å². The highest BCUT2D eigenvalue weighted by molar-refractivity contribution is 5.81. The monoisotopic (exact) mass is 296 g/mol. The molecule has 0 atom stereocenters. The third-order valence-corrected chi connectivity index (χ3v) is 4.81. The summed E-state index contributed by atoms with van der Waals surface area (Å²) in [7, 11) is 0. The van der Waals surface area contributed by atoms with E-state index in [0.29, 0.717) is 24.3 Å². The molecule has 0 radical (unpaired) electrons. The van der Waals surface area contributed by atoms with Crippen LogP contribution < -0.4 is 0 Å². The van der Waals surface area contributed by atoms with Crippen LogP contribution in [0.25, 0.3) is 0 Å². The van der Waals surface area contributed by atoms with Gasteiger partial charge in [-0.05, 0) is 49.3 Å². The maximum atomic E-state index is 13.4. The Bertz CT molecular complexity index is 506. The van der Waals surface area contributed by atoms with Crippen LogP contribution in [0.1, 0.15) is 57.4 Å². The van der Waals surface area contributed by atoms with Crippen LogP contribution in [0, 0.1) is 17.6 Å². The van der Waals surface area contributed by atoms with Crippen molar-refractivity contribution in [2.45, 2.75) is 57.3 Å². The molecule has 0 aliphatic heterocycles. The lowest BCUT2D eigenvalue weighted by atomic mass is 9.66. The van der Waals surface area contributed by atoms with Gasteiger partial charge in [0.1, 0.15) is 0 Å². The number of benzene rings is 1. The zero-order valence-corrected chi connectivity index (χ0v) is 12.4.